The Morgan fingerprint density at radius 1 is 1.53 bits per heavy atom. The van der Waals surface area contributed by atoms with Crippen molar-refractivity contribution in [3.05, 3.63) is 22.6 Å². The zero-order chi connectivity index (χ0) is 12.3. The summed E-state index contributed by atoms with van der Waals surface area (Å²) in [5, 5.41) is 4.05. The van der Waals surface area contributed by atoms with Gasteiger partial charge in [-0.05, 0) is 0 Å². The second kappa shape index (κ2) is 5.24. The summed E-state index contributed by atoms with van der Waals surface area (Å²) < 4.78 is 6.50. The molecule has 0 bridgehead atoms. The molecule has 1 aromatic rings. The molecule has 92 valence electrons. The first-order chi connectivity index (χ1) is 8.16. The van der Waals surface area contributed by atoms with E-state index in [-0.39, 0.29) is 17.1 Å². The molecular formula is C10H14N4O2S. The van der Waals surface area contributed by atoms with Gasteiger partial charge in [0.2, 0.25) is 0 Å². The number of anilines is 1. The Hall–Kier alpha value is -1.47. The summed E-state index contributed by atoms with van der Waals surface area (Å²) in [6.45, 7) is 3.09. The van der Waals surface area contributed by atoms with Gasteiger partial charge in [-0.2, -0.15) is 5.10 Å². The van der Waals surface area contributed by atoms with Crippen LogP contribution in [0, 0.1) is 0 Å². The molecule has 0 atom stereocenters. The van der Waals surface area contributed by atoms with E-state index in [2.05, 4.69) is 10.00 Å². The van der Waals surface area contributed by atoms with Crippen LogP contribution in [0.5, 0.6) is 0 Å². The van der Waals surface area contributed by atoms with Crippen LogP contribution >= 0.6 is 12.2 Å². The van der Waals surface area contributed by atoms with E-state index in [1.54, 1.807) is 12.3 Å². The normalized spacial score (nSPS) is 15.9. The first-order valence-corrected chi connectivity index (χ1v) is 5.76. The van der Waals surface area contributed by atoms with Gasteiger partial charge in [0.05, 0.1) is 36.6 Å². The topological polar surface area (TPSA) is 73.4 Å². The molecule has 2 rings (SSSR count). The highest BCUT2D eigenvalue weighted by atomic mass is 32.1. The minimum absolute atomic E-state index is 0.178. The number of nitrogens with zero attached hydrogens (tertiary/aromatic N) is 3. The van der Waals surface area contributed by atoms with E-state index in [1.807, 2.05) is 0 Å². The van der Waals surface area contributed by atoms with Crippen LogP contribution < -0.4 is 16.2 Å². The third-order valence-electron chi connectivity index (χ3n) is 2.54. The van der Waals surface area contributed by atoms with Crippen molar-refractivity contribution in [2.75, 3.05) is 31.2 Å². The van der Waals surface area contributed by atoms with E-state index in [9.17, 15) is 4.79 Å². The fourth-order valence-corrected chi connectivity index (χ4v) is 1.81. The summed E-state index contributed by atoms with van der Waals surface area (Å²) in [5.41, 5.74) is 6.00. The fraction of sp³-hybridized carbons (Fsp3) is 0.500. The first kappa shape index (κ1) is 12.0. The summed E-state index contributed by atoms with van der Waals surface area (Å²) in [6.07, 6.45) is 1.66. The Bertz CT molecular complexity index is 468. The zero-order valence-corrected chi connectivity index (χ0v) is 10.2. The van der Waals surface area contributed by atoms with Gasteiger partial charge in [0, 0.05) is 19.2 Å². The number of hydrogen-bond donors (Lipinski definition) is 1. The van der Waals surface area contributed by atoms with Gasteiger partial charge in [-0.3, -0.25) is 4.79 Å². The number of thiocarbonyl (C=S) groups is 1. The maximum absolute atomic E-state index is 11.7. The van der Waals surface area contributed by atoms with Gasteiger partial charge in [-0.1, -0.05) is 12.2 Å². The highest BCUT2D eigenvalue weighted by molar-refractivity contribution is 7.80. The lowest BCUT2D eigenvalue weighted by Gasteiger charge is -2.28. The maximum atomic E-state index is 11.7. The standard InChI is InChI=1S/C10H14N4O2S/c11-9(17)7-14-10(15)5-8(6-12-14)13-1-3-16-4-2-13/h5-6H,1-4,7H2,(H2,11,17). The van der Waals surface area contributed by atoms with Gasteiger partial charge >= 0.3 is 0 Å². The largest absolute Gasteiger partial charge is 0.392 e. The van der Waals surface area contributed by atoms with Gasteiger partial charge in [-0.15, -0.1) is 0 Å². The molecule has 17 heavy (non-hydrogen) atoms. The van der Waals surface area contributed by atoms with Crippen LogP contribution in [0.25, 0.3) is 0 Å². The van der Waals surface area contributed by atoms with Crippen molar-refractivity contribution in [3.8, 4) is 0 Å². The summed E-state index contributed by atoms with van der Waals surface area (Å²) in [4.78, 5) is 14.1. The molecule has 0 aromatic carbocycles. The van der Waals surface area contributed by atoms with E-state index in [0.29, 0.717) is 13.2 Å². The Morgan fingerprint density at radius 2 is 2.24 bits per heavy atom. The van der Waals surface area contributed by atoms with E-state index in [1.165, 1.54) is 4.68 Å². The SMILES string of the molecule is NC(=S)Cn1ncc(N2CCOCC2)cc1=O. The molecule has 1 fully saturated rings. The maximum Gasteiger partial charge on any atom is 0.269 e. The van der Waals surface area contributed by atoms with E-state index >= 15 is 0 Å². The third kappa shape index (κ3) is 3.01. The van der Waals surface area contributed by atoms with Gasteiger partial charge in [-0.25, -0.2) is 4.68 Å². The first-order valence-electron chi connectivity index (χ1n) is 5.35. The van der Waals surface area contributed by atoms with Crippen LogP contribution in [0.3, 0.4) is 0 Å². The molecule has 6 nitrogen and oxygen atoms in total. The lowest BCUT2D eigenvalue weighted by Crippen LogP contribution is -2.38. The molecule has 0 spiro atoms. The molecule has 0 radical (unpaired) electrons. The Labute approximate surface area is 104 Å². The molecule has 1 aliphatic heterocycles. The highest BCUT2D eigenvalue weighted by Gasteiger charge is 2.12. The fourth-order valence-electron chi connectivity index (χ4n) is 1.68. The van der Waals surface area contributed by atoms with Crippen LogP contribution in [-0.4, -0.2) is 41.1 Å². The summed E-state index contributed by atoms with van der Waals surface area (Å²) >= 11 is 4.75. The second-order valence-electron chi connectivity index (χ2n) is 3.78. The molecule has 0 unspecified atom stereocenters. The molecular weight excluding hydrogens is 240 g/mol. The molecule has 2 heterocycles. The Balaban J connectivity index is 2.18. The van der Waals surface area contributed by atoms with Crippen LogP contribution in [0.15, 0.2) is 17.1 Å². The predicted octanol–water partition coefficient (Wildman–Crippen LogP) is -0.634. The van der Waals surface area contributed by atoms with Gasteiger partial charge in [0.15, 0.2) is 0 Å². The van der Waals surface area contributed by atoms with Crippen molar-refractivity contribution < 1.29 is 4.74 Å². The number of ether oxygens (including phenoxy) is 1. The van der Waals surface area contributed by atoms with E-state index < -0.39 is 0 Å². The number of aromatic nitrogens is 2. The molecule has 0 saturated carbocycles. The van der Waals surface area contributed by atoms with Crippen molar-refractivity contribution in [1.29, 1.82) is 0 Å². The van der Waals surface area contributed by atoms with E-state index in [0.717, 1.165) is 18.8 Å². The average Bonchev–Trinajstić information content (AvgIpc) is 2.32. The summed E-state index contributed by atoms with van der Waals surface area (Å²) in [6, 6.07) is 1.55. The van der Waals surface area contributed by atoms with Crippen LogP contribution in [-0.2, 0) is 11.3 Å². The number of nitrogens with two attached hydrogens (primary N) is 1. The lowest BCUT2D eigenvalue weighted by molar-refractivity contribution is 0.122. The van der Waals surface area contributed by atoms with Crippen molar-refractivity contribution in [2.24, 2.45) is 5.73 Å². The molecule has 7 heteroatoms. The Kier molecular flexibility index (Phi) is 3.70. The monoisotopic (exact) mass is 254 g/mol. The van der Waals surface area contributed by atoms with Crippen molar-refractivity contribution in [1.82, 2.24) is 9.78 Å². The second-order valence-corrected chi connectivity index (χ2v) is 4.30. The zero-order valence-electron chi connectivity index (χ0n) is 9.33. The number of hydrogen-bond acceptors (Lipinski definition) is 5. The Morgan fingerprint density at radius 3 is 2.82 bits per heavy atom. The number of rotatable bonds is 3. The lowest BCUT2D eigenvalue weighted by atomic mass is 10.3. The van der Waals surface area contributed by atoms with Gasteiger partial charge in [0.1, 0.15) is 0 Å². The van der Waals surface area contributed by atoms with Crippen LogP contribution in [0.1, 0.15) is 0 Å². The molecule has 1 aromatic heterocycles. The highest BCUT2D eigenvalue weighted by Crippen LogP contribution is 2.11. The van der Waals surface area contributed by atoms with Gasteiger partial charge in [0.25, 0.3) is 5.56 Å². The molecule has 1 saturated heterocycles. The molecule has 0 amide bonds. The minimum Gasteiger partial charge on any atom is -0.392 e. The smallest absolute Gasteiger partial charge is 0.269 e. The van der Waals surface area contributed by atoms with Crippen LogP contribution in [0.2, 0.25) is 0 Å². The number of morpholine rings is 1. The average molecular weight is 254 g/mol. The quantitative estimate of drug-likeness (QED) is 0.724. The summed E-state index contributed by atoms with van der Waals surface area (Å²) in [5.74, 6) is 0. The predicted molar refractivity (Wildman–Crippen MR) is 68.3 cm³/mol. The van der Waals surface area contributed by atoms with Crippen molar-refractivity contribution >= 4 is 22.9 Å². The molecule has 1 aliphatic rings. The summed E-state index contributed by atoms with van der Waals surface area (Å²) in [7, 11) is 0. The van der Waals surface area contributed by atoms with Crippen LogP contribution in [0.4, 0.5) is 5.69 Å². The van der Waals surface area contributed by atoms with Crippen molar-refractivity contribution in [2.45, 2.75) is 6.54 Å². The minimum atomic E-state index is -0.193. The third-order valence-corrected chi connectivity index (χ3v) is 2.67. The van der Waals surface area contributed by atoms with E-state index in [4.69, 9.17) is 22.7 Å². The van der Waals surface area contributed by atoms with Gasteiger partial charge < -0.3 is 15.4 Å². The van der Waals surface area contributed by atoms with Crippen molar-refractivity contribution in [3.63, 3.8) is 0 Å². The molecule has 2 N–H and O–H groups in total. The molecule has 0 aliphatic carbocycles.